The molecule has 0 saturated heterocycles. The number of methoxy groups -OCH3 is 4. The van der Waals surface area contributed by atoms with E-state index in [2.05, 4.69) is 105 Å². The molecule has 11 rings (SSSR count). The van der Waals surface area contributed by atoms with E-state index >= 15 is 0 Å². The Bertz CT molecular complexity index is 5120. The van der Waals surface area contributed by atoms with Crippen LogP contribution in [0.2, 0.25) is 0 Å². The average molecular weight is 1610 g/mol. The van der Waals surface area contributed by atoms with Crippen molar-refractivity contribution in [1.82, 2.24) is 55.5 Å². The van der Waals surface area contributed by atoms with Gasteiger partial charge in [-0.1, -0.05) is 68.4 Å². The second-order valence-corrected chi connectivity index (χ2v) is 28.0. The molecule has 5 aromatic carbocycles. The SMILES string of the molecule is CCc1c(CC)c2cc3nc(cnc4cc(OCCOCCOCCOC)c(OCCOCCOCCOC)cc4ncc4nc(cc1[nH]2)C(CCCNC(=O)CC[C@@H](NC(=O)c1ccc(N(C)Cc2cnc5nc(N)nc(N)c5n2)cc1)C(=O)O)=C4C)C(C)=C3CCCOC(c1ccccc1)(c1ccc(OC)cc1)c1ccc(OC)cc1. The fourth-order valence-corrected chi connectivity index (χ4v) is 14.1. The number of nitrogens with two attached hydrogens (primary N) is 2. The molecule has 0 aliphatic carbocycles. The van der Waals surface area contributed by atoms with E-state index in [0.29, 0.717) is 149 Å². The van der Waals surface area contributed by atoms with Crippen LogP contribution in [0, 0.1) is 0 Å². The average Bonchev–Trinajstić information content (AvgIpc) is 1.01. The third kappa shape index (κ3) is 22.7. The Morgan fingerprint density at radius 2 is 1.07 bits per heavy atom. The van der Waals surface area contributed by atoms with Crippen molar-refractivity contribution in [2.24, 2.45) is 0 Å². The highest BCUT2D eigenvalue weighted by Crippen LogP contribution is 2.44. The van der Waals surface area contributed by atoms with E-state index in [1.54, 1.807) is 83.4 Å². The van der Waals surface area contributed by atoms with Crippen molar-refractivity contribution in [3.63, 3.8) is 0 Å². The number of H-pyrrole nitrogens is 1. The van der Waals surface area contributed by atoms with E-state index in [0.717, 1.165) is 90.4 Å². The number of benzene rings is 5. The lowest BCUT2D eigenvalue weighted by Crippen LogP contribution is -2.41. The van der Waals surface area contributed by atoms with E-state index in [1.165, 1.54) is 0 Å². The van der Waals surface area contributed by atoms with Crippen molar-refractivity contribution >= 4 is 90.8 Å². The number of carboxylic acid groups (broad SMARTS) is 1. The van der Waals surface area contributed by atoms with Gasteiger partial charge in [-0.25, -0.2) is 24.7 Å². The number of nitrogens with zero attached hydrogens (tertiary/aromatic N) is 9. The summed E-state index contributed by atoms with van der Waals surface area (Å²) < 4.78 is 65.1. The first-order chi connectivity index (χ1) is 57.4. The highest BCUT2D eigenvalue weighted by molar-refractivity contribution is 5.97. The normalized spacial score (nSPS) is 12.4. The molecule has 0 fully saturated rings. The number of amides is 2. The number of anilines is 3. The van der Waals surface area contributed by atoms with Crippen LogP contribution in [0.1, 0.15) is 133 Å². The van der Waals surface area contributed by atoms with E-state index in [9.17, 15) is 19.5 Å². The van der Waals surface area contributed by atoms with Crippen LogP contribution in [0.4, 0.5) is 17.5 Å². The third-order valence-electron chi connectivity index (χ3n) is 20.3. The van der Waals surface area contributed by atoms with Crippen LogP contribution in [-0.4, -0.2) is 202 Å². The molecule has 9 aromatic rings. The Labute approximate surface area is 686 Å². The molecule has 0 spiro atoms. The van der Waals surface area contributed by atoms with Crippen LogP contribution in [0.15, 0.2) is 146 Å². The first-order valence-corrected chi connectivity index (χ1v) is 39.7. The number of aryl methyl sites for hydroxylation is 2. The van der Waals surface area contributed by atoms with E-state index in [-0.39, 0.29) is 74.7 Å². The fraction of sp³-hybridized carbons (Fsp3) is 0.382. The van der Waals surface area contributed by atoms with Gasteiger partial charge in [0.25, 0.3) is 5.91 Å². The van der Waals surface area contributed by atoms with Gasteiger partial charge < -0.3 is 89.2 Å². The number of hydrogen-bond acceptors (Lipinski definition) is 25. The monoisotopic (exact) mass is 1610 g/mol. The lowest BCUT2D eigenvalue weighted by atomic mass is 9.80. The standard InChI is InChI=1S/C89H106N14O15/c1-10-67-68(11-2)73-50-75-70(20-16-36-118-89(60-17-13-12-14-18-60,61-23-29-65(110-8)30-24-61)62-25-31-66(111-9)32-26-62)58(4)79(99-75)55-94-77-52-81(117-48-46-115-44-42-113-40-38-109-7)80(116-47-45-114-43-41-112-39-37-108-6)51-76(77)93-54-78-57(3)69(74(98-78)49-72(67)97-73)19-15-35-92-82(104)34-33-71(87(106)107)100-86(105)59-21-27-64(28-22-59)103(5)56-63-53-95-85-83(96-63)84(90)101-88(91)102-85/h12-14,17-18,21-32,49-55,71,97H,10-11,15-16,19-20,33-48,56H2,1-9H3,(H,92,104)(H,100,105)(H,106,107)(H4,90,91,95,101,102)/t71-/m1/s1. The predicted octanol–water partition coefficient (Wildman–Crippen LogP) is 12.3. The Morgan fingerprint density at radius 1 is 0.559 bits per heavy atom. The molecule has 622 valence electrons. The largest absolute Gasteiger partial charge is 0.497 e. The second kappa shape index (κ2) is 43.4. The van der Waals surface area contributed by atoms with Gasteiger partial charge in [0.1, 0.15) is 36.4 Å². The molecule has 2 amide bonds. The highest BCUT2D eigenvalue weighted by Gasteiger charge is 2.38. The van der Waals surface area contributed by atoms with Crippen LogP contribution in [0.5, 0.6) is 23.0 Å². The summed E-state index contributed by atoms with van der Waals surface area (Å²) in [6, 6.07) is 39.5. The second-order valence-electron chi connectivity index (χ2n) is 28.0. The molecule has 118 heavy (non-hydrogen) atoms. The van der Waals surface area contributed by atoms with Crippen LogP contribution < -0.4 is 45.9 Å². The Hall–Kier alpha value is -11.8. The quantitative estimate of drug-likeness (QED) is 0.0152. The maximum atomic E-state index is 13.6. The van der Waals surface area contributed by atoms with E-state index < -0.39 is 23.5 Å². The number of carbonyl (C=O) groups is 3. The van der Waals surface area contributed by atoms with Gasteiger partial charge in [-0.15, -0.1) is 0 Å². The number of carboxylic acids is 1. The highest BCUT2D eigenvalue weighted by atomic mass is 16.6. The number of hydrogen-bond donors (Lipinski definition) is 6. The number of fused-ring (bicyclic) bond motifs is 8. The molecule has 0 saturated carbocycles. The molecule has 2 aliphatic rings. The summed E-state index contributed by atoms with van der Waals surface area (Å²) in [5, 5.41) is 15.9. The molecule has 0 unspecified atom stereocenters. The number of aromatic amines is 1. The molecule has 6 heterocycles. The van der Waals surface area contributed by atoms with Crippen molar-refractivity contribution in [3.05, 3.63) is 208 Å². The molecule has 0 radical (unpaired) electrons. The minimum atomic E-state index is -1.35. The van der Waals surface area contributed by atoms with Crippen LogP contribution in [0.25, 0.3) is 55.5 Å². The van der Waals surface area contributed by atoms with Gasteiger partial charge in [0.2, 0.25) is 11.9 Å². The Kier molecular flexibility index (Phi) is 32.0. The summed E-state index contributed by atoms with van der Waals surface area (Å²) in [6.07, 6.45) is 8.36. The zero-order valence-electron chi connectivity index (χ0n) is 68.5. The summed E-state index contributed by atoms with van der Waals surface area (Å²) >= 11 is 0. The van der Waals surface area contributed by atoms with Gasteiger partial charge in [-0.05, 0) is 170 Å². The summed E-state index contributed by atoms with van der Waals surface area (Å²) in [5.74, 6) is 0.0842. The summed E-state index contributed by atoms with van der Waals surface area (Å²) in [6.45, 7) is 13.5. The van der Waals surface area contributed by atoms with Gasteiger partial charge in [-0.3, -0.25) is 19.6 Å². The summed E-state index contributed by atoms with van der Waals surface area (Å²) in [5.41, 5.74) is 27.2. The van der Waals surface area contributed by atoms with Gasteiger partial charge in [0, 0.05) is 75.3 Å². The van der Waals surface area contributed by atoms with Crippen LogP contribution >= 0.6 is 0 Å². The van der Waals surface area contributed by atoms with Crippen molar-refractivity contribution < 1.29 is 71.6 Å². The number of ether oxygens (including phenoxy) is 11. The molecule has 6 bridgehead atoms. The smallest absolute Gasteiger partial charge is 0.326 e. The number of nitrogens with one attached hydrogen (secondary N) is 3. The molecular weight excluding hydrogens is 1510 g/mol. The molecule has 2 aliphatic heterocycles. The van der Waals surface area contributed by atoms with Crippen LogP contribution in [0.3, 0.4) is 0 Å². The minimum absolute atomic E-state index is 0.00375. The topological polar surface area (TPSA) is 371 Å². The maximum absolute atomic E-state index is 13.6. The maximum Gasteiger partial charge on any atom is 0.326 e. The zero-order valence-corrected chi connectivity index (χ0v) is 68.5. The third-order valence-corrected chi connectivity index (χ3v) is 20.3. The number of aliphatic carboxylic acids is 1. The van der Waals surface area contributed by atoms with E-state index in [1.807, 2.05) is 61.3 Å². The van der Waals surface area contributed by atoms with Gasteiger partial charge >= 0.3 is 5.97 Å². The first-order valence-electron chi connectivity index (χ1n) is 39.7. The molecule has 4 aromatic heterocycles. The Balaban J connectivity index is 0.885. The Morgan fingerprint density at radius 3 is 1.58 bits per heavy atom. The molecular formula is C89H106N14O15. The van der Waals surface area contributed by atoms with E-state index in [4.69, 9.17) is 83.5 Å². The number of nitrogen functional groups attached to an aromatic ring is 2. The number of aromatic nitrogens is 9. The van der Waals surface area contributed by atoms with Crippen molar-refractivity contribution in [2.75, 3.05) is 144 Å². The minimum Gasteiger partial charge on any atom is -0.497 e. The molecule has 29 heteroatoms. The molecule has 29 nitrogen and oxygen atoms in total. The summed E-state index contributed by atoms with van der Waals surface area (Å²) in [4.78, 5) is 83.7. The van der Waals surface area contributed by atoms with Gasteiger partial charge in [0.15, 0.2) is 28.5 Å². The lowest BCUT2D eigenvalue weighted by Gasteiger charge is -2.36. The number of allylic oxidation sites excluding steroid dienone is 4. The first kappa shape index (κ1) is 87.0. The molecule has 8 N–H and O–H groups in total. The van der Waals surface area contributed by atoms with Crippen molar-refractivity contribution in [1.29, 1.82) is 0 Å². The predicted molar refractivity (Wildman–Crippen MR) is 453 cm³/mol. The van der Waals surface area contributed by atoms with Crippen LogP contribution in [-0.2, 0) is 67.7 Å². The molecule has 1 atom stereocenters. The van der Waals surface area contributed by atoms with Crippen molar-refractivity contribution in [3.8, 4) is 23.0 Å². The lowest BCUT2D eigenvalue weighted by molar-refractivity contribution is -0.139. The fourth-order valence-electron chi connectivity index (χ4n) is 14.1. The zero-order chi connectivity index (χ0) is 83.3. The van der Waals surface area contributed by atoms with Gasteiger partial charge in [-0.2, -0.15) is 9.97 Å². The number of carbonyl (C=O) groups excluding carboxylic acids is 2. The summed E-state index contributed by atoms with van der Waals surface area (Å²) in [7, 11) is 8.41. The number of rotatable bonds is 45. The van der Waals surface area contributed by atoms with Gasteiger partial charge in [0.05, 0.1) is 145 Å². The van der Waals surface area contributed by atoms with Crippen molar-refractivity contribution in [2.45, 2.75) is 97.2 Å².